The van der Waals surface area contributed by atoms with E-state index in [0.717, 1.165) is 28.2 Å². The highest BCUT2D eigenvalue weighted by Gasteiger charge is 2.21. The van der Waals surface area contributed by atoms with Crippen molar-refractivity contribution < 1.29 is 0 Å². The van der Waals surface area contributed by atoms with E-state index in [0.29, 0.717) is 16.6 Å². The first-order valence-corrected chi connectivity index (χ1v) is 7.79. The SMILES string of the molecule is O=c1[nH]cc2n1-c1ccc(Cl)cc1C(c1ccccc1Cl)=NC2. The predicted octanol–water partition coefficient (Wildman–Crippen LogP) is 3.82. The molecule has 0 unspecified atom stereocenters. The van der Waals surface area contributed by atoms with Crippen molar-refractivity contribution in [3.8, 4) is 5.69 Å². The zero-order valence-electron chi connectivity index (χ0n) is 11.9. The van der Waals surface area contributed by atoms with Crippen molar-refractivity contribution in [1.82, 2.24) is 9.55 Å². The van der Waals surface area contributed by atoms with Crippen LogP contribution >= 0.6 is 23.2 Å². The normalized spacial score (nSPS) is 13.0. The molecule has 1 N–H and O–H groups in total. The van der Waals surface area contributed by atoms with Gasteiger partial charge in [-0.2, -0.15) is 0 Å². The highest BCUT2D eigenvalue weighted by Crippen LogP contribution is 2.28. The first kappa shape index (κ1) is 14.3. The molecule has 0 fully saturated rings. The number of aliphatic imine (C=N–C) groups is 1. The van der Waals surface area contributed by atoms with Gasteiger partial charge in [0.2, 0.25) is 0 Å². The molecule has 6 heteroatoms. The van der Waals surface area contributed by atoms with Gasteiger partial charge in [0.1, 0.15) is 0 Å². The van der Waals surface area contributed by atoms with Gasteiger partial charge in [0, 0.05) is 27.4 Å². The smallest absolute Gasteiger partial charge is 0.312 e. The standard InChI is InChI=1S/C17H11Cl2N3O/c18-10-5-6-15-13(7-10)16(12-3-1-2-4-14(12)19)20-8-11-9-21-17(23)22(11)15/h1-7,9H,8H2,(H,21,23). The second kappa shape index (κ2) is 5.41. The molecule has 1 aromatic heterocycles. The van der Waals surface area contributed by atoms with Gasteiger partial charge in [-0.3, -0.25) is 9.56 Å². The van der Waals surface area contributed by atoms with Crippen molar-refractivity contribution in [3.63, 3.8) is 0 Å². The van der Waals surface area contributed by atoms with Gasteiger partial charge in [-0.15, -0.1) is 0 Å². The molecule has 0 saturated heterocycles. The van der Waals surface area contributed by atoms with E-state index in [4.69, 9.17) is 23.2 Å². The zero-order valence-corrected chi connectivity index (χ0v) is 13.4. The van der Waals surface area contributed by atoms with E-state index in [1.165, 1.54) is 0 Å². The van der Waals surface area contributed by atoms with Crippen molar-refractivity contribution in [2.45, 2.75) is 6.54 Å². The third-order valence-electron chi connectivity index (χ3n) is 3.84. The predicted molar refractivity (Wildman–Crippen MR) is 92.2 cm³/mol. The Morgan fingerprint density at radius 1 is 1.09 bits per heavy atom. The molecule has 1 aliphatic heterocycles. The van der Waals surface area contributed by atoms with E-state index < -0.39 is 0 Å². The van der Waals surface area contributed by atoms with Crippen molar-refractivity contribution in [2.75, 3.05) is 0 Å². The molecular weight excluding hydrogens is 333 g/mol. The molecule has 0 spiro atoms. The lowest BCUT2D eigenvalue weighted by atomic mass is 10.0. The molecule has 0 saturated carbocycles. The summed E-state index contributed by atoms with van der Waals surface area (Å²) in [6.07, 6.45) is 1.68. The van der Waals surface area contributed by atoms with Crippen LogP contribution in [0.4, 0.5) is 0 Å². The molecule has 3 aromatic rings. The molecule has 4 rings (SSSR count). The average Bonchev–Trinajstić information content (AvgIpc) is 2.82. The van der Waals surface area contributed by atoms with E-state index in [-0.39, 0.29) is 5.69 Å². The maximum Gasteiger partial charge on any atom is 0.330 e. The van der Waals surface area contributed by atoms with Gasteiger partial charge in [0.15, 0.2) is 0 Å². The summed E-state index contributed by atoms with van der Waals surface area (Å²) in [5, 5.41) is 1.19. The average molecular weight is 344 g/mol. The molecule has 0 amide bonds. The van der Waals surface area contributed by atoms with Crippen LogP contribution in [0.2, 0.25) is 10.0 Å². The number of hydrogen-bond donors (Lipinski definition) is 1. The van der Waals surface area contributed by atoms with E-state index in [9.17, 15) is 4.79 Å². The van der Waals surface area contributed by atoms with Crippen LogP contribution in [0.25, 0.3) is 5.69 Å². The molecular formula is C17H11Cl2N3O. The molecule has 4 nitrogen and oxygen atoms in total. The van der Waals surface area contributed by atoms with Gasteiger partial charge in [-0.1, -0.05) is 41.4 Å². The minimum Gasteiger partial charge on any atom is -0.312 e. The fourth-order valence-corrected chi connectivity index (χ4v) is 3.20. The van der Waals surface area contributed by atoms with Crippen molar-refractivity contribution in [1.29, 1.82) is 0 Å². The zero-order chi connectivity index (χ0) is 16.0. The van der Waals surface area contributed by atoms with Gasteiger partial charge >= 0.3 is 5.69 Å². The number of rotatable bonds is 1. The number of nitrogens with one attached hydrogen (secondary N) is 1. The summed E-state index contributed by atoms with van der Waals surface area (Å²) in [6, 6.07) is 12.9. The fourth-order valence-electron chi connectivity index (χ4n) is 2.81. The van der Waals surface area contributed by atoms with E-state index in [2.05, 4.69) is 9.98 Å². The number of halogens is 2. The van der Waals surface area contributed by atoms with Gasteiger partial charge < -0.3 is 4.98 Å². The highest BCUT2D eigenvalue weighted by molar-refractivity contribution is 6.36. The topological polar surface area (TPSA) is 50.1 Å². The van der Waals surface area contributed by atoms with Crippen LogP contribution in [0.15, 0.2) is 58.4 Å². The third-order valence-corrected chi connectivity index (χ3v) is 4.40. The first-order chi connectivity index (χ1) is 11.1. The fraction of sp³-hybridized carbons (Fsp3) is 0.0588. The quantitative estimate of drug-likeness (QED) is 0.717. The Labute approximate surface area is 142 Å². The largest absolute Gasteiger partial charge is 0.330 e. The molecule has 2 heterocycles. The van der Waals surface area contributed by atoms with Crippen LogP contribution < -0.4 is 5.69 Å². The lowest BCUT2D eigenvalue weighted by Crippen LogP contribution is -2.18. The highest BCUT2D eigenvalue weighted by atomic mass is 35.5. The number of fused-ring (bicyclic) bond motifs is 3. The number of aromatic nitrogens is 2. The van der Waals surface area contributed by atoms with Crippen LogP contribution in [0.3, 0.4) is 0 Å². The molecule has 0 atom stereocenters. The Balaban J connectivity index is 2.05. The Kier molecular flexibility index (Phi) is 3.36. The number of benzene rings is 2. The maximum absolute atomic E-state index is 12.2. The minimum atomic E-state index is -0.195. The molecule has 23 heavy (non-hydrogen) atoms. The minimum absolute atomic E-state index is 0.195. The van der Waals surface area contributed by atoms with E-state index in [1.807, 2.05) is 36.4 Å². The Morgan fingerprint density at radius 3 is 2.74 bits per heavy atom. The van der Waals surface area contributed by atoms with E-state index in [1.54, 1.807) is 16.8 Å². The first-order valence-electron chi connectivity index (χ1n) is 7.04. The monoisotopic (exact) mass is 343 g/mol. The van der Waals surface area contributed by atoms with Crippen molar-refractivity contribution in [2.24, 2.45) is 4.99 Å². The number of aromatic amines is 1. The van der Waals surface area contributed by atoms with Crippen LogP contribution in [0, 0.1) is 0 Å². The van der Waals surface area contributed by atoms with Gasteiger partial charge in [0.25, 0.3) is 0 Å². The Hall–Kier alpha value is -2.30. The lowest BCUT2D eigenvalue weighted by molar-refractivity contribution is 0.893. The van der Waals surface area contributed by atoms with Crippen LogP contribution in [0.5, 0.6) is 0 Å². The third kappa shape index (κ3) is 2.31. The van der Waals surface area contributed by atoms with Gasteiger partial charge in [0.05, 0.1) is 23.6 Å². The summed E-state index contributed by atoms with van der Waals surface area (Å²) in [6.45, 7) is 0.381. The number of hydrogen-bond acceptors (Lipinski definition) is 2. The summed E-state index contributed by atoms with van der Waals surface area (Å²) in [7, 11) is 0. The maximum atomic E-state index is 12.2. The summed E-state index contributed by atoms with van der Waals surface area (Å²) < 4.78 is 1.62. The molecule has 2 aromatic carbocycles. The van der Waals surface area contributed by atoms with Gasteiger partial charge in [-0.25, -0.2) is 4.79 Å². The summed E-state index contributed by atoms with van der Waals surface area (Å²) >= 11 is 12.5. The second-order valence-corrected chi connectivity index (χ2v) is 6.07. The Morgan fingerprint density at radius 2 is 1.91 bits per heavy atom. The van der Waals surface area contributed by atoms with Crippen LogP contribution in [-0.4, -0.2) is 15.3 Å². The van der Waals surface area contributed by atoms with Crippen LogP contribution in [0.1, 0.15) is 16.8 Å². The van der Waals surface area contributed by atoms with E-state index >= 15 is 0 Å². The molecule has 0 aliphatic carbocycles. The molecule has 0 radical (unpaired) electrons. The number of nitrogens with zero attached hydrogens (tertiary/aromatic N) is 2. The van der Waals surface area contributed by atoms with Crippen LogP contribution in [-0.2, 0) is 6.54 Å². The molecule has 1 aliphatic rings. The molecule has 114 valence electrons. The van der Waals surface area contributed by atoms with Crippen molar-refractivity contribution in [3.05, 3.63) is 86.0 Å². The molecule has 0 bridgehead atoms. The number of H-pyrrole nitrogens is 1. The summed E-state index contributed by atoms with van der Waals surface area (Å²) in [5.41, 5.74) is 3.67. The summed E-state index contributed by atoms with van der Waals surface area (Å²) in [5.74, 6) is 0. The summed E-state index contributed by atoms with van der Waals surface area (Å²) in [4.78, 5) is 19.6. The van der Waals surface area contributed by atoms with Crippen molar-refractivity contribution >= 4 is 28.9 Å². The lowest BCUT2D eigenvalue weighted by Gasteiger charge is -2.12. The Bertz CT molecular complexity index is 1000. The van der Waals surface area contributed by atoms with Gasteiger partial charge in [-0.05, 0) is 24.3 Å². The number of imidazole rings is 1. The second-order valence-electron chi connectivity index (χ2n) is 5.23.